The largest absolute Gasteiger partial charge is 0.394 e. The molecule has 0 aromatic heterocycles. The van der Waals surface area contributed by atoms with Crippen LogP contribution in [0.3, 0.4) is 0 Å². The second kappa shape index (κ2) is 3.81. The highest BCUT2D eigenvalue weighted by atomic mass is 16.2. The van der Waals surface area contributed by atoms with Gasteiger partial charge in [0, 0.05) is 5.56 Å². The average Bonchev–Trinajstić information content (AvgIpc) is 2.54. The van der Waals surface area contributed by atoms with Crippen molar-refractivity contribution >= 4 is 11.7 Å². The second-order valence-corrected chi connectivity index (χ2v) is 3.72. The van der Waals surface area contributed by atoms with E-state index in [0.29, 0.717) is 11.1 Å². The number of nitrogens with one attached hydrogen (secondary N) is 1. The Kier molecular flexibility index (Phi) is 2.48. The minimum atomic E-state index is -0.369. The normalized spacial score (nSPS) is 19.8. The van der Waals surface area contributed by atoms with E-state index in [4.69, 9.17) is 5.73 Å². The quantitative estimate of drug-likeness (QED) is 0.711. The first-order chi connectivity index (χ1) is 7.61. The molecule has 1 atom stereocenters. The monoisotopic (exact) mass is 216 g/mol. The van der Waals surface area contributed by atoms with Crippen LogP contribution in [0, 0.1) is 0 Å². The molecule has 16 heavy (non-hydrogen) atoms. The van der Waals surface area contributed by atoms with Gasteiger partial charge in [-0.05, 0) is 6.92 Å². The fraction of sp³-hybridized carbons (Fsp3) is 0.167. The summed E-state index contributed by atoms with van der Waals surface area (Å²) in [5, 5.41) is 2.61. The van der Waals surface area contributed by atoms with E-state index in [9.17, 15) is 9.59 Å². The molecule has 82 valence electrons. The lowest BCUT2D eigenvalue weighted by atomic mass is 9.99. The van der Waals surface area contributed by atoms with Crippen LogP contribution in [0.5, 0.6) is 0 Å². The van der Waals surface area contributed by atoms with Gasteiger partial charge in [0.2, 0.25) is 0 Å². The highest BCUT2D eigenvalue weighted by molar-refractivity contribution is 6.16. The van der Waals surface area contributed by atoms with Gasteiger partial charge in [-0.1, -0.05) is 30.3 Å². The number of benzene rings is 1. The topological polar surface area (TPSA) is 72.2 Å². The number of carbonyl (C=O) groups is 2. The van der Waals surface area contributed by atoms with Gasteiger partial charge < -0.3 is 11.1 Å². The van der Waals surface area contributed by atoms with E-state index in [1.165, 1.54) is 0 Å². The minimum absolute atomic E-state index is 0.0290. The third kappa shape index (κ3) is 1.58. The number of amides is 1. The molecule has 4 nitrogen and oxygen atoms in total. The maximum absolute atomic E-state index is 12.1. The SMILES string of the molecule is CC1NC(=O)C(N)=C1C(=O)c1ccccc1. The predicted octanol–water partition coefficient (Wildman–Crippen LogP) is 0.600. The zero-order valence-corrected chi connectivity index (χ0v) is 8.86. The lowest BCUT2D eigenvalue weighted by Gasteiger charge is -2.07. The molecule has 4 heteroatoms. The Labute approximate surface area is 93.1 Å². The van der Waals surface area contributed by atoms with E-state index in [1.54, 1.807) is 31.2 Å². The number of carbonyl (C=O) groups excluding carboxylic acids is 2. The number of nitrogens with two attached hydrogens (primary N) is 1. The van der Waals surface area contributed by atoms with Crippen molar-refractivity contribution in [3.05, 3.63) is 47.2 Å². The highest BCUT2D eigenvalue weighted by Crippen LogP contribution is 2.18. The summed E-state index contributed by atoms with van der Waals surface area (Å²) in [4.78, 5) is 23.4. The highest BCUT2D eigenvalue weighted by Gasteiger charge is 2.31. The summed E-state index contributed by atoms with van der Waals surface area (Å²) in [7, 11) is 0. The third-order valence-corrected chi connectivity index (χ3v) is 2.60. The lowest BCUT2D eigenvalue weighted by Crippen LogP contribution is -2.28. The Hall–Kier alpha value is -2.10. The van der Waals surface area contributed by atoms with Crippen LogP contribution in [0.25, 0.3) is 0 Å². The van der Waals surface area contributed by atoms with Crippen molar-refractivity contribution in [1.82, 2.24) is 5.32 Å². The maximum Gasteiger partial charge on any atom is 0.268 e. The molecule has 1 heterocycles. The van der Waals surface area contributed by atoms with Crippen LogP contribution in [0.2, 0.25) is 0 Å². The van der Waals surface area contributed by atoms with Crippen LogP contribution in [-0.2, 0) is 4.79 Å². The predicted molar refractivity (Wildman–Crippen MR) is 59.6 cm³/mol. The Morgan fingerprint density at radius 1 is 1.31 bits per heavy atom. The molecule has 1 aliphatic rings. The first-order valence-corrected chi connectivity index (χ1v) is 5.01. The summed E-state index contributed by atoms with van der Waals surface area (Å²) < 4.78 is 0. The molecular formula is C12H12N2O2. The van der Waals surface area contributed by atoms with Crippen LogP contribution >= 0.6 is 0 Å². The Morgan fingerprint density at radius 3 is 2.44 bits per heavy atom. The van der Waals surface area contributed by atoms with Crippen LogP contribution in [0.1, 0.15) is 17.3 Å². The van der Waals surface area contributed by atoms with Gasteiger partial charge >= 0.3 is 0 Å². The zero-order chi connectivity index (χ0) is 11.7. The molecule has 2 rings (SSSR count). The smallest absolute Gasteiger partial charge is 0.268 e. The average molecular weight is 216 g/mol. The van der Waals surface area contributed by atoms with Gasteiger partial charge in [-0.3, -0.25) is 9.59 Å². The molecule has 3 N–H and O–H groups in total. The summed E-state index contributed by atoms with van der Waals surface area (Å²) in [6.07, 6.45) is 0. The molecule has 0 radical (unpaired) electrons. The standard InChI is InChI=1S/C12H12N2O2/c1-7-9(10(13)12(16)14-7)11(15)8-5-3-2-4-6-8/h2-7H,13H2,1H3,(H,14,16). The second-order valence-electron chi connectivity index (χ2n) is 3.72. The van der Waals surface area contributed by atoms with Gasteiger partial charge in [0.15, 0.2) is 5.78 Å². The summed E-state index contributed by atoms with van der Waals surface area (Å²) in [6, 6.07) is 8.48. The number of rotatable bonds is 2. The molecular weight excluding hydrogens is 204 g/mol. The summed E-state index contributed by atoms with van der Waals surface area (Å²) in [5.41, 5.74) is 6.53. The zero-order valence-electron chi connectivity index (χ0n) is 8.86. The van der Waals surface area contributed by atoms with Crippen molar-refractivity contribution in [3.63, 3.8) is 0 Å². The van der Waals surface area contributed by atoms with Crippen LogP contribution < -0.4 is 11.1 Å². The van der Waals surface area contributed by atoms with Crippen LogP contribution in [0.4, 0.5) is 0 Å². The number of hydrogen-bond acceptors (Lipinski definition) is 3. The third-order valence-electron chi connectivity index (χ3n) is 2.60. The Morgan fingerprint density at radius 2 is 1.94 bits per heavy atom. The molecule has 0 spiro atoms. The van der Waals surface area contributed by atoms with Crippen molar-refractivity contribution in [3.8, 4) is 0 Å². The van der Waals surface area contributed by atoms with Crippen molar-refractivity contribution in [1.29, 1.82) is 0 Å². The van der Waals surface area contributed by atoms with Gasteiger partial charge in [0.1, 0.15) is 5.70 Å². The van der Waals surface area contributed by atoms with Gasteiger partial charge in [0.25, 0.3) is 5.91 Å². The maximum atomic E-state index is 12.1. The fourth-order valence-electron chi connectivity index (χ4n) is 1.77. The molecule has 0 saturated carbocycles. The van der Waals surface area contributed by atoms with E-state index >= 15 is 0 Å². The number of hydrogen-bond donors (Lipinski definition) is 2. The van der Waals surface area contributed by atoms with Crippen LogP contribution in [0.15, 0.2) is 41.6 Å². The molecule has 1 amide bonds. The van der Waals surface area contributed by atoms with E-state index in [-0.39, 0.29) is 23.4 Å². The number of ketones is 1. The fourth-order valence-corrected chi connectivity index (χ4v) is 1.77. The Bertz CT molecular complexity index is 477. The summed E-state index contributed by atoms with van der Waals surface area (Å²) >= 11 is 0. The van der Waals surface area contributed by atoms with E-state index in [0.717, 1.165) is 0 Å². The van der Waals surface area contributed by atoms with Crippen molar-refractivity contribution < 1.29 is 9.59 Å². The summed E-state index contributed by atoms with van der Waals surface area (Å²) in [5.74, 6) is -0.560. The first-order valence-electron chi connectivity index (χ1n) is 5.01. The van der Waals surface area contributed by atoms with Gasteiger partial charge in [-0.15, -0.1) is 0 Å². The molecule has 1 unspecified atom stereocenters. The molecule has 0 fully saturated rings. The Balaban J connectivity index is 2.40. The molecule has 0 aliphatic carbocycles. The van der Waals surface area contributed by atoms with Crippen LogP contribution in [-0.4, -0.2) is 17.7 Å². The number of Topliss-reactive ketones (excluding diaryl/α,β-unsaturated/α-hetero) is 1. The minimum Gasteiger partial charge on any atom is -0.394 e. The van der Waals surface area contributed by atoms with Gasteiger partial charge in [-0.2, -0.15) is 0 Å². The first kappa shape index (κ1) is 10.4. The van der Waals surface area contributed by atoms with E-state index in [2.05, 4.69) is 5.32 Å². The molecule has 1 aromatic rings. The van der Waals surface area contributed by atoms with Gasteiger partial charge in [-0.25, -0.2) is 0 Å². The van der Waals surface area contributed by atoms with E-state index in [1.807, 2.05) is 6.07 Å². The van der Waals surface area contributed by atoms with Gasteiger partial charge in [0.05, 0.1) is 11.6 Å². The van der Waals surface area contributed by atoms with Crippen molar-refractivity contribution in [2.24, 2.45) is 5.73 Å². The molecule has 1 aliphatic heterocycles. The molecule has 0 bridgehead atoms. The van der Waals surface area contributed by atoms with Crippen molar-refractivity contribution in [2.45, 2.75) is 13.0 Å². The lowest BCUT2D eigenvalue weighted by molar-refractivity contribution is -0.117. The molecule has 0 saturated heterocycles. The van der Waals surface area contributed by atoms with E-state index < -0.39 is 0 Å². The summed E-state index contributed by atoms with van der Waals surface area (Å²) in [6.45, 7) is 1.74. The van der Waals surface area contributed by atoms with Crippen molar-refractivity contribution in [2.75, 3.05) is 0 Å². The molecule has 1 aromatic carbocycles.